The van der Waals surface area contributed by atoms with Crippen molar-refractivity contribution in [3.63, 3.8) is 0 Å². The van der Waals surface area contributed by atoms with Gasteiger partial charge < -0.3 is 14.6 Å². The van der Waals surface area contributed by atoms with E-state index >= 15 is 0 Å². The summed E-state index contributed by atoms with van der Waals surface area (Å²) in [6, 6.07) is 5.08. The number of rotatable bonds is 2. The summed E-state index contributed by atoms with van der Waals surface area (Å²) in [5.74, 6) is 0.235. The van der Waals surface area contributed by atoms with Gasteiger partial charge >= 0.3 is 0 Å². The molecule has 1 amide bonds. The lowest BCUT2D eigenvalue weighted by Crippen LogP contribution is -2.46. The summed E-state index contributed by atoms with van der Waals surface area (Å²) in [7, 11) is 0. The molecule has 1 aromatic carbocycles. The van der Waals surface area contributed by atoms with E-state index in [-0.39, 0.29) is 5.91 Å². The second-order valence-corrected chi connectivity index (χ2v) is 5.52. The maximum atomic E-state index is 12.3. The average molecular weight is 326 g/mol. The first-order chi connectivity index (χ1) is 10.1. The van der Waals surface area contributed by atoms with Crippen LogP contribution in [0.15, 0.2) is 28.9 Å². The van der Waals surface area contributed by atoms with Crippen molar-refractivity contribution in [1.82, 2.24) is 15.2 Å². The number of benzene rings is 1. The molecule has 1 aliphatic heterocycles. The van der Waals surface area contributed by atoms with Gasteiger partial charge in [-0.25, -0.2) is 4.98 Å². The Morgan fingerprint density at radius 1 is 1.24 bits per heavy atom. The molecule has 5 nitrogen and oxygen atoms in total. The highest BCUT2D eigenvalue weighted by molar-refractivity contribution is 6.42. The highest BCUT2D eigenvalue weighted by Crippen LogP contribution is 2.28. The molecule has 1 fully saturated rings. The van der Waals surface area contributed by atoms with Crippen LogP contribution in [-0.4, -0.2) is 42.0 Å². The number of hydrogen-bond donors (Lipinski definition) is 1. The smallest absolute Gasteiger partial charge is 0.275 e. The molecule has 3 rings (SSSR count). The van der Waals surface area contributed by atoms with E-state index in [2.05, 4.69) is 10.3 Å². The van der Waals surface area contributed by atoms with E-state index in [0.29, 0.717) is 40.3 Å². The zero-order valence-electron chi connectivity index (χ0n) is 11.1. The number of carbonyl (C=O) groups is 1. The summed E-state index contributed by atoms with van der Waals surface area (Å²) in [6.07, 6.45) is 1.38. The highest BCUT2D eigenvalue weighted by Gasteiger charge is 2.21. The Kier molecular flexibility index (Phi) is 4.14. The van der Waals surface area contributed by atoms with Gasteiger partial charge in [0.2, 0.25) is 5.89 Å². The average Bonchev–Trinajstić information content (AvgIpc) is 3.00. The van der Waals surface area contributed by atoms with E-state index in [1.807, 2.05) is 0 Å². The molecule has 7 heteroatoms. The number of aromatic nitrogens is 1. The van der Waals surface area contributed by atoms with Crippen LogP contribution in [0.3, 0.4) is 0 Å². The van der Waals surface area contributed by atoms with Gasteiger partial charge in [0, 0.05) is 31.7 Å². The Morgan fingerprint density at radius 3 is 2.71 bits per heavy atom. The second-order valence-electron chi connectivity index (χ2n) is 4.71. The van der Waals surface area contributed by atoms with Crippen LogP contribution in [0.4, 0.5) is 0 Å². The fourth-order valence-electron chi connectivity index (χ4n) is 2.16. The van der Waals surface area contributed by atoms with Crippen molar-refractivity contribution in [1.29, 1.82) is 0 Å². The number of carbonyl (C=O) groups excluding carboxylic acids is 1. The monoisotopic (exact) mass is 325 g/mol. The van der Waals surface area contributed by atoms with E-state index in [1.54, 1.807) is 23.1 Å². The molecule has 21 heavy (non-hydrogen) atoms. The van der Waals surface area contributed by atoms with E-state index in [4.69, 9.17) is 27.6 Å². The zero-order chi connectivity index (χ0) is 14.8. The Balaban J connectivity index is 1.82. The number of nitrogens with one attached hydrogen (secondary N) is 1. The normalized spacial score (nSPS) is 15.2. The summed E-state index contributed by atoms with van der Waals surface area (Å²) in [6.45, 7) is 2.94. The molecule has 0 aliphatic carbocycles. The molecular formula is C14H13Cl2N3O2. The molecule has 0 unspecified atom stereocenters. The molecule has 1 N–H and O–H groups in total. The number of amides is 1. The van der Waals surface area contributed by atoms with Crippen LogP contribution in [0, 0.1) is 0 Å². The van der Waals surface area contributed by atoms with E-state index in [0.717, 1.165) is 13.1 Å². The summed E-state index contributed by atoms with van der Waals surface area (Å²) >= 11 is 11.8. The van der Waals surface area contributed by atoms with Crippen LogP contribution in [0.5, 0.6) is 0 Å². The van der Waals surface area contributed by atoms with Gasteiger partial charge in [-0.3, -0.25) is 4.79 Å². The molecule has 0 spiro atoms. The first kappa shape index (κ1) is 14.4. The number of piperazine rings is 1. The van der Waals surface area contributed by atoms with Crippen molar-refractivity contribution >= 4 is 29.1 Å². The van der Waals surface area contributed by atoms with Crippen LogP contribution >= 0.6 is 23.2 Å². The molecular weight excluding hydrogens is 313 g/mol. The summed E-state index contributed by atoms with van der Waals surface area (Å²) < 4.78 is 5.38. The van der Waals surface area contributed by atoms with Gasteiger partial charge in [-0.1, -0.05) is 23.2 Å². The number of halogens is 2. The van der Waals surface area contributed by atoms with Crippen molar-refractivity contribution in [3.05, 3.63) is 40.2 Å². The van der Waals surface area contributed by atoms with Crippen LogP contribution in [-0.2, 0) is 0 Å². The molecule has 1 saturated heterocycles. The van der Waals surface area contributed by atoms with Gasteiger partial charge in [0.05, 0.1) is 10.0 Å². The topological polar surface area (TPSA) is 58.4 Å². The van der Waals surface area contributed by atoms with E-state index < -0.39 is 0 Å². The van der Waals surface area contributed by atoms with Crippen LogP contribution in [0.1, 0.15) is 10.5 Å². The molecule has 0 saturated carbocycles. The van der Waals surface area contributed by atoms with Crippen LogP contribution < -0.4 is 5.32 Å². The molecule has 0 atom stereocenters. The lowest BCUT2D eigenvalue weighted by molar-refractivity contribution is 0.0730. The van der Waals surface area contributed by atoms with Crippen molar-refractivity contribution in [3.8, 4) is 11.5 Å². The van der Waals surface area contributed by atoms with Crippen molar-refractivity contribution in [2.45, 2.75) is 0 Å². The van der Waals surface area contributed by atoms with Gasteiger partial charge in [0.15, 0.2) is 5.69 Å². The standard InChI is InChI=1S/C14H13Cl2N3O2/c15-10-2-1-9(7-11(10)16)13-18-12(8-21-13)14(20)19-5-3-17-4-6-19/h1-2,7-8,17H,3-6H2. The molecule has 0 radical (unpaired) electrons. The van der Waals surface area contributed by atoms with E-state index in [9.17, 15) is 4.79 Å². The fourth-order valence-corrected chi connectivity index (χ4v) is 2.46. The number of hydrogen-bond acceptors (Lipinski definition) is 4. The molecule has 1 aromatic heterocycles. The minimum Gasteiger partial charge on any atom is -0.444 e. The predicted octanol–water partition coefficient (Wildman–Crippen LogP) is 2.69. The van der Waals surface area contributed by atoms with Crippen LogP contribution in [0.2, 0.25) is 10.0 Å². The first-order valence-corrected chi connectivity index (χ1v) is 7.31. The zero-order valence-corrected chi connectivity index (χ0v) is 12.6. The maximum Gasteiger partial charge on any atom is 0.275 e. The maximum absolute atomic E-state index is 12.3. The largest absolute Gasteiger partial charge is 0.444 e. The Labute approximate surface area is 131 Å². The number of nitrogens with zero attached hydrogens (tertiary/aromatic N) is 2. The molecule has 110 valence electrons. The molecule has 0 bridgehead atoms. The Bertz CT molecular complexity index is 666. The third-order valence-electron chi connectivity index (χ3n) is 3.29. The van der Waals surface area contributed by atoms with Crippen LogP contribution in [0.25, 0.3) is 11.5 Å². The van der Waals surface area contributed by atoms with Crippen molar-refractivity contribution in [2.24, 2.45) is 0 Å². The minimum absolute atomic E-state index is 0.119. The second kappa shape index (κ2) is 6.05. The van der Waals surface area contributed by atoms with Gasteiger partial charge in [-0.15, -0.1) is 0 Å². The SMILES string of the molecule is O=C(c1coc(-c2ccc(Cl)c(Cl)c2)n1)N1CCNCC1. The Morgan fingerprint density at radius 2 is 2.00 bits per heavy atom. The summed E-state index contributed by atoms with van der Waals surface area (Å²) in [5.41, 5.74) is 0.988. The lowest BCUT2D eigenvalue weighted by Gasteiger charge is -2.26. The van der Waals surface area contributed by atoms with Gasteiger partial charge in [0.25, 0.3) is 5.91 Å². The predicted molar refractivity (Wildman–Crippen MR) is 80.7 cm³/mol. The minimum atomic E-state index is -0.119. The van der Waals surface area contributed by atoms with Crippen molar-refractivity contribution in [2.75, 3.05) is 26.2 Å². The lowest BCUT2D eigenvalue weighted by atomic mass is 10.2. The van der Waals surface area contributed by atoms with Gasteiger partial charge in [0.1, 0.15) is 6.26 Å². The fraction of sp³-hybridized carbons (Fsp3) is 0.286. The summed E-state index contributed by atoms with van der Waals surface area (Å²) in [4.78, 5) is 18.3. The quantitative estimate of drug-likeness (QED) is 0.922. The third-order valence-corrected chi connectivity index (χ3v) is 4.03. The first-order valence-electron chi connectivity index (χ1n) is 6.56. The van der Waals surface area contributed by atoms with Gasteiger partial charge in [-0.2, -0.15) is 0 Å². The van der Waals surface area contributed by atoms with E-state index in [1.165, 1.54) is 6.26 Å². The molecule has 2 heterocycles. The third kappa shape index (κ3) is 3.05. The Hall–Kier alpha value is -1.56. The number of oxazole rings is 1. The summed E-state index contributed by atoms with van der Waals surface area (Å²) in [5, 5.41) is 4.08. The van der Waals surface area contributed by atoms with Crippen molar-refractivity contribution < 1.29 is 9.21 Å². The molecule has 1 aliphatic rings. The highest BCUT2D eigenvalue weighted by atomic mass is 35.5. The van der Waals surface area contributed by atoms with Gasteiger partial charge in [-0.05, 0) is 18.2 Å². The molecule has 2 aromatic rings.